The van der Waals surface area contributed by atoms with Crippen LogP contribution < -0.4 is 10.2 Å². The smallest absolute Gasteiger partial charge is 0.265 e. The minimum Gasteiger partial charge on any atom is -0.378 e. The van der Waals surface area contributed by atoms with Crippen LogP contribution in [0.1, 0.15) is 27.0 Å². The Labute approximate surface area is 124 Å². The molecule has 0 spiro atoms. The van der Waals surface area contributed by atoms with Crippen molar-refractivity contribution in [1.82, 2.24) is 0 Å². The fourth-order valence-electron chi connectivity index (χ4n) is 2.02. The molecular weight excluding hydrogens is 268 g/mol. The molecule has 0 aliphatic carbocycles. The minimum absolute atomic E-state index is 0.0320. The number of thiophene rings is 1. The van der Waals surface area contributed by atoms with Crippen molar-refractivity contribution in [2.45, 2.75) is 20.3 Å². The lowest BCUT2D eigenvalue weighted by Crippen LogP contribution is -2.11. The Kier molecular flexibility index (Phi) is 4.45. The molecule has 0 unspecified atom stereocenters. The molecule has 1 heterocycles. The zero-order valence-electron chi connectivity index (χ0n) is 12.4. The quantitative estimate of drug-likeness (QED) is 0.924. The molecule has 0 bridgehead atoms. The van der Waals surface area contributed by atoms with Gasteiger partial charge < -0.3 is 10.2 Å². The molecule has 1 N–H and O–H groups in total. The van der Waals surface area contributed by atoms with E-state index in [1.165, 1.54) is 10.4 Å². The number of rotatable bonds is 4. The highest BCUT2D eigenvalue weighted by atomic mass is 32.1. The summed E-state index contributed by atoms with van der Waals surface area (Å²) in [5.41, 5.74) is 3.14. The van der Waals surface area contributed by atoms with Crippen molar-refractivity contribution in [3.63, 3.8) is 0 Å². The summed E-state index contributed by atoms with van der Waals surface area (Å²) < 4.78 is 0. The van der Waals surface area contributed by atoms with Crippen LogP contribution in [0.2, 0.25) is 0 Å². The number of benzene rings is 1. The van der Waals surface area contributed by atoms with E-state index in [1.54, 1.807) is 11.3 Å². The molecule has 1 aromatic heterocycles. The Morgan fingerprint density at radius 1 is 1.25 bits per heavy atom. The second kappa shape index (κ2) is 6.09. The number of carbonyl (C=O) groups excluding carboxylic acids is 1. The predicted octanol–water partition coefficient (Wildman–Crippen LogP) is 3.94. The minimum atomic E-state index is -0.0320. The fourth-order valence-corrected chi connectivity index (χ4v) is 3.03. The molecule has 2 aromatic rings. The molecule has 0 aliphatic rings. The lowest BCUT2D eigenvalue weighted by molar-refractivity contribution is 0.103. The van der Waals surface area contributed by atoms with Crippen LogP contribution in [-0.2, 0) is 6.42 Å². The molecule has 4 heteroatoms. The molecular formula is C16H20N2OS. The third-order valence-electron chi connectivity index (χ3n) is 3.21. The topological polar surface area (TPSA) is 32.3 Å². The first-order valence-electron chi connectivity index (χ1n) is 6.69. The standard InChI is InChI=1S/C16H20N2OS/c1-5-14-11(2)10-15(20-14)16(19)17-12-6-8-13(9-7-12)18(3)4/h6-10H,5H2,1-4H3,(H,17,19). The van der Waals surface area contributed by atoms with Crippen molar-refractivity contribution in [1.29, 1.82) is 0 Å². The number of amides is 1. The van der Waals surface area contributed by atoms with Crippen molar-refractivity contribution < 1.29 is 4.79 Å². The van der Waals surface area contributed by atoms with E-state index >= 15 is 0 Å². The monoisotopic (exact) mass is 288 g/mol. The first kappa shape index (κ1) is 14.6. The second-order valence-corrected chi connectivity index (χ2v) is 6.10. The van der Waals surface area contributed by atoms with Crippen LogP contribution in [0.25, 0.3) is 0 Å². The number of anilines is 2. The molecule has 1 aromatic carbocycles. The fraction of sp³-hybridized carbons (Fsp3) is 0.312. The van der Waals surface area contributed by atoms with Crippen molar-refractivity contribution in [3.8, 4) is 0 Å². The number of nitrogens with zero attached hydrogens (tertiary/aromatic N) is 1. The number of hydrogen-bond acceptors (Lipinski definition) is 3. The summed E-state index contributed by atoms with van der Waals surface area (Å²) in [6.45, 7) is 4.17. The number of nitrogens with one attached hydrogen (secondary N) is 1. The molecule has 0 aliphatic heterocycles. The Bertz CT molecular complexity index is 599. The molecule has 0 fully saturated rings. The van der Waals surface area contributed by atoms with Crippen LogP contribution >= 0.6 is 11.3 Å². The summed E-state index contributed by atoms with van der Waals surface area (Å²) >= 11 is 1.57. The van der Waals surface area contributed by atoms with Crippen molar-refractivity contribution in [2.75, 3.05) is 24.3 Å². The second-order valence-electron chi connectivity index (χ2n) is 4.97. The zero-order chi connectivity index (χ0) is 14.7. The lowest BCUT2D eigenvalue weighted by atomic mass is 10.2. The van der Waals surface area contributed by atoms with Gasteiger partial charge in [-0.25, -0.2) is 0 Å². The van der Waals surface area contributed by atoms with E-state index in [1.807, 2.05) is 49.3 Å². The maximum atomic E-state index is 12.2. The molecule has 0 saturated carbocycles. The summed E-state index contributed by atoms with van der Waals surface area (Å²) in [5, 5.41) is 2.94. The summed E-state index contributed by atoms with van der Waals surface area (Å²) in [6.07, 6.45) is 0.974. The summed E-state index contributed by atoms with van der Waals surface area (Å²) in [5.74, 6) is -0.0320. The number of hydrogen-bond donors (Lipinski definition) is 1. The Balaban J connectivity index is 2.10. The van der Waals surface area contributed by atoms with Crippen LogP contribution in [0.4, 0.5) is 11.4 Å². The van der Waals surface area contributed by atoms with Crippen LogP contribution in [0.3, 0.4) is 0 Å². The Morgan fingerprint density at radius 3 is 2.40 bits per heavy atom. The molecule has 3 nitrogen and oxygen atoms in total. The van der Waals surface area contributed by atoms with E-state index in [9.17, 15) is 4.79 Å². The van der Waals surface area contributed by atoms with Crippen LogP contribution in [-0.4, -0.2) is 20.0 Å². The highest BCUT2D eigenvalue weighted by Crippen LogP contribution is 2.24. The maximum absolute atomic E-state index is 12.2. The lowest BCUT2D eigenvalue weighted by Gasteiger charge is -2.12. The van der Waals surface area contributed by atoms with Gasteiger partial charge in [0.2, 0.25) is 0 Å². The van der Waals surface area contributed by atoms with Crippen LogP contribution in [0.15, 0.2) is 30.3 Å². The van der Waals surface area contributed by atoms with Gasteiger partial charge >= 0.3 is 0 Å². The predicted molar refractivity (Wildman–Crippen MR) is 87.2 cm³/mol. The van der Waals surface area contributed by atoms with E-state index in [0.717, 1.165) is 22.7 Å². The summed E-state index contributed by atoms with van der Waals surface area (Å²) in [6, 6.07) is 9.80. The maximum Gasteiger partial charge on any atom is 0.265 e. The third-order valence-corrected chi connectivity index (χ3v) is 4.59. The Morgan fingerprint density at radius 2 is 1.90 bits per heavy atom. The van der Waals surface area contributed by atoms with Crippen LogP contribution in [0, 0.1) is 6.92 Å². The van der Waals surface area contributed by atoms with E-state index in [0.29, 0.717) is 0 Å². The third kappa shape index (κ3) is 3.20. The molecule has 106 valence electrons. The SMILES string of the molecule is CCc1sc(C(=O)Nc2ccc(N(C)C)cc2)cc1C. The van der Waals surface area contributed by atoms with Gasteiger partial charge in [0.15, 0.2) is 0 Å². The normalized spacial score (nSPS) is 10.4. The van der Waals surface area contributed by atoms with E-state index < -0.39 is 0 Å². The van der Waals surface area contributed by atoms with Crippen molar-refractivity contribution in [2.24, 2.45) is 0 Å². The highest BCUT2D eigenvalue weighted by Gasteiger charge is 2.11. The van der Waals surface area contributed by atoms with Gasteiger partial charge in [-0.1, -0.05) is 6.92 Å². The van der Waals surface area contributed by atoms with E-state index in [2.05, 4.69) is 19.2 Å². The summed E-state index contributed by atoms with van der Waals surface area (Å²) in [7, 11) is 3.99. The van der Waals surface area contributed by atoms with Gasteiger partial charge in [-0.2, -0.15) is 0 Å². The number of aryl methyl sites for hydroxylation is 2. The average Bonchev–Trinajstić information content (AvgIpc) is 2.80. The van der Waals surface area contributed by atoms with Gasteiger partial charge in [0.25, 0.3) is 5.91 Å². The zero-order valence-corrected chi connectivity index (χ0v) is 13.2. The molecule has 2 rings (SSSR count). The molecule has 0 atom stereocenters. The van der Waals surface area contributed by atoms with Gasteiger partial charge in [-0.15, -0.1) is 11.3 Å². The molecule has 20 heavy (non-hydrogen) atoms. The van der Waals surface area contributed by atoms with Crippen LogP contribution in [0.5, 0.6) is 0 Å². The summed E-state index contributed by atoms with van der Waals surface area (Å²) in [4.78, 5) is 16.3. The van der Waals surface area contributed by atoms with E-state index in [4.69, 9.17) is 0 Å². The van der Waals surface area contributed by atoms with Gasteiger partial charge in [0.1, 0.15) is 0 Å². The van der Waals surface area contributed by atoms with Gasteiger partial charge in [0, 0.05) is 30.3 Å². The van der Waals surface area contributed by atoms with E-state index in [-0.39, 0.29) is 5.91 Å². The average molecular weight is 288 g/mol. The largest absolute Gasteiger partial charge is 0.378 e. The molecule has 0 saturated heterocycles. The van der Waals surface area contributed by atoms with Gasteiger partial charge in [0.05, 0.1) is 4.88 Å². The van der Waals surface area contributed by atoms with Gasteiger partial charge in [-0.3, -0.25) is 4.79 Å². The van der Waals surface area contributed by atoms with Crippen molar-refractivity contribution >= 4 is 28.6 Å². The highest BCUT2D eigenvalue weighted by molar-refractivity contribution is 7.14. The Hall–Kier alpha value is -1.81. The van der Waals surface area contributed by atoms with Gasteiger partial charge in [-0.05, 0) is 49.2 Å². The number of carbonyl (C=O) groups is 1. The molecule has 1 amide bonds. The first-order valence-corrected chi connectivity index (χ1v) is 7.51. The van der Waals surface area contributed by atoms with Crippen molar-refractivity contribution in [3.05, 3.63) is 45.6 Å². The first-order chi connectivity index (χ1) is 9.51. The molecule has 0 radical (unpaired) electrons.